The highest BCUT2D eigenvalue weighted by Crippen LogP contribution is 2.14. The smallest absolute Gasteiger partial charge is 0.319 e. The lowest BCUT2D eigenvalue weighted by atomic mass is 10.3. The molecule has 0 aliphatic heterocycles. The Kier molecular flexibility index (Phi) is 6.62. The van der Waals surface area contributed by atoms with Crippen LogP contribution in [-0.2, 0) is 0 Å². The summed E-state index contributed by atoms with van der Waals surface area (Å²) in [5.41, 5.74) is 1.52. The largest absolute Gasteiger partial charge is 0.368 e. The van der Waals surface area contributed by atoms with Gasteiger partial charge >= 0.3 is 6.03 Å². The van der Waals surface area contributed by atoms with Crippen molar-refractivity contribution in [2.24, 2.45) is 0 Å². The predicted octanol–water partition coefficient (Wildman–Crippen LogP) is 3.10. The normalized spacial score (nSPS) is 10.1. The molecule has 0 bridgehead atoms. The number of nitrogens with zero attached hydrogens (tertiary/aromatic N) is 2. The third-order valence-corrected chi connectivity index (χ3v) is 3.22. The van der Waals surface area contributed by atoms with Crippen LogP contribution in [-0.4, -0.2) is 35.6 Å². The molecule has 1 aromatic carbocycles. The van der Waals surface area contributed by atoms with Crippen LogP contribution in [0.15, 0.2) is 30.3 Å². The molecular weight excluding hydrogens is 328 g/mol. The molecule has 1 aromatic heterocycles. The zero-order valence-corrected chi connectivity index (χ0v) is 14.4. The molecule has 0 saturated carbocycles. The fourth-order valence-corrected chi connectivity index (χ4v) is 2.19. The number of carbonyl (C=O) groups excluding carboxylic acids is 1. The first kappa shape index (κ1) is 17.8. The van der Waals surface area contributed by atoms with Gasteiger partial charge in [0.05, 0.1) is 0 Å². The Balaban J connectivity index is 1.75. The molecule has 0 atom stereocenters. The molecule has 0 radical (unpaired) electrons. The van der Waals surface area contributed by atoms with Gasteiger partial charge < -0.3 is 21.3 Å². The van der Waals surface area contributed by atoms with E-state index < -0.39 is 0 Å². The first-order valence-corrected chi connectivity index (χ1v) is 8.08. The average Bonchev–Trinajstić information content (AvgIpc) is 2.51. The molecule has 4 N–H and O–H groups in total. The molecular formula is C16H21ClN6O. The van der Waals surface area contributed by atoms with Crippen LogP contribution in [0.2, 0.25) is 5.02 Å². The van der Waals surface area contributed by atoms with Crippen LogP contribution < -0.4 is 21.3 Å². The lowest BCUT2D eigenvalue weighted by Gasteiger charge is -2.10. The van der Waals surface area contributed by atoms with Crippen molar-refractivity contribution in [1.29, 1.82) is 0 Å². The molecule has 7 nitrogen and oxygen atoms in total. The van der Waals surface area contributed by atoms with Gasteiger partial charge in [0.1, 0.15) is 5.82 Å². The number of aryl methyl sites for hydroxylation is 1. The first-order chi connectivity index (χ1) is 11.6. The average molecular weight is 349 g/mol. The van der Waals surface area contributed by atoms with Crippen molar-refractivity contribution < 1.29 is 4.79 Å². The van der Waals surface area contributed by atoms with Gasteiger partial charge in [-0.05, 0) is 32.0 Å². The van der Waals surface area contributed by atoms with Crippen molar-refractivity contribution in [3.63, 3.8) is 0 Å². The third-order valence-electron chi connectivity index (χ3n) is 2.99. The minimum absolute atomic E-state index is 0.286. The van der Waals surface area contributed by atoms with Crippen LogP contribution in [0, 0.1) is 6.92 Å². The van der Waals surface area contributed by atoms with Gasteiger partial charge in [-0.1, -0.05) is 17.7 Å². The number of nitrogens with one attached hydrogen (secondary N) is 4. The predicted molar refractivity (Wildman–Crippen MR) is 97.9 cm³/mol. The molecule has 2 amide bonds. The van der Waals surface area contributed by atoms with Crippen molar-refractivity contribution >= 4 is 35.1 Å². The van der Waals surface area contributed by atoms with Gasteiger partial charge in [0.25, 0.3) is 0 Å². The zero-order valence-electron chi connectivity index (χ0n) is 13.7. The fraction of sp³-hybridized carbons (Fsp3) is 0.312. The van der Waals surface area contributed by atoms with Crippen LogP contribution in [0.1, 0.15) is 12.6 Å². The van der Waals surface area contributed by atoms with E-state index in [-0.39, 0.29) is 6.03 Å². The van der Waals surface area contributed by atoms with E-state index in [9.17, 15) is 4.79 Å². The summed E-state index contributed by atoms with van der Waals surface area (Å²) in [5.74, 6) is 1.31. The zero-order chi connectivity index (χ0) is 17.4. The Morgan fingerprint density at radius 1 is 1.17 bits per heavy atom. The van der Waals surface area contributed by atoms with E-state index in [4.69, 9.17) is 11.6 Å². The van der Waals surface area contributed by atoms with Gasteiger partial charge in [-0.2, -0.15) is 4.98 Å². The number of halogens is 1. The first-order valence-electron chi connectivity index (χ1n) is 7.70. The Morgan fingerprint density at radius 2 is 2.00 bits per heavy atom. The second-order valence-corrected chi connectivity index (χ2v) is 5.50. The van der Waals surface area contributed by atoms with E-state index >= 15 is 0 Å². The van der Waals surface area contributed by atoms with Crippen LogP contribution >= 0.6 is 11.6 Å². The lowest BCUT2D eigenvalue weighted by molar-refractivity contribution is 0.252. The van der Waals surface area contributed by atoms with Gasteiger partial charge in [0, 0.05) is 42.1 Å². The SMILES string of the molecule is CCNc1nc(C)cc(NCCNC(=O)Nc2cccc(Cl)c2)n1. The minimum atomic E-state index is -0.286. The van der Waals surface area contributed by atoms with E-state index in [1.54, 1.807) is 24.3 Å². The molecule has 24 heavy (non-hydrogen) atoms. The summed E-state index contributed by atoms with van der Waals surface area (Å²) >= 11 is 5.87. The Morgan fingerprint density at radius 3 is 2.75 bits per heavy atom. The maximum atomic E-state index is 11.8. The van der Waals surface area contributed by atoms with Crippen LogP contribution in [0.25, 0.3) is 0 Å². The number of carbonyl (C=O) groups is 1. The lowest BCUT2D eigenvalue weighted by Crippen LogP contribution is -2.32. The van der Waals surface area contributed by atoms with E-state index in [0.717, 1.165) is 18.1 Å². The number of aromatic nitrogens is 2. The quantitative estimate of drug-likeness (QED) is 0.577. The van der Waals surface area contributed by atoms with Gasteiger partial charge in [0.15, 0.2) is 0 Å². The molecule has 0 aliphatic rings. The van der Waals surface area contributed by atoms with Crippen molar-refractivity contribution in [2.45, 2.75) is 13.8 Å². The molecule has 0 saturated heterocycles. The molecule has 2 aromatic rings. The third kappa shape index (κ3) is 5.92. The molecule has 8 heteroatoms. The summed E-state index contributed by atoms with van der Waals surface area (Å²) in [6.07, 6.45) is 0. The minimum Gasteiger partial charge on any atom is -0.368 e. The maximum absolute atomic E-state index is 11.8. The van der Waals surface area contributed by atoms with Crippen molar-refractivity contribution in [1.82, 2.24) is 15.3 Å². The molecule has 0 aliphatic carbocycles. The summed E-state index contributed by atoms with van der Waals surface area (Å²) < 4.78 is 0. The van der Waals surface area contributed by atoms with E-state index in [2.05, 4.69) is 31.2 Å². The number of amides is 2. The Hall–Kier alpha value is -2.54. The highest BCUT2D eigenvalue weighted by molar-refractivity contribution is 6.30. The summed E-state index contributed by atoms with van der Waals surface area (Å²) in [7, 11) is 0. The van der Waals surface area contributed by atoms with Crippen LogP contribution in [0.3, 0.4) is 0 Å². The molecule has 0 fully saturated rings. The molecule has 2 rings (SSSR count). The fourth-order valence-electron chi connectivity index (χ4n) is 2.00. The number of anilines is 3. The Bertz CT molecular complexity index is 694. The summed E-state index contributed by atoms with van der Waals surface area (Å²) in [5, 5.41) is 12.3. The highest BCUT2D eigenvalue weighted by Gasteiger charge is 2.03. The van der Waals surface area contributed by atoms with Gasteiger partial charge in [0.2, 0.25) is 5.95 Å². The van der Waals surface area contributed by atoms with Crippen molar-refractivity contribution in [3.8, 4) is 0 Å². The number of hydrogen-bond donors (Lipinski definition) is 4. The number of benzene rings is 1. The Labute approximate surface area is 146 Å². The molecule has 0 unspecified atom stereocenters. The molecule has 128 valence electrons. The topological polar surface area (TPSA) is 91.0 Å². The van der Waals surface area contributed by atoms with E-state index in [1.807, 2.05) is 19.9 Å². The summed E-state index contributed by atoms with van der Waals surface area (Å²) in [6.45, 7) is 5.65. The van der Waals surface area contributed by atoms with E-state index in [1.165, 1.54) is 0 Å². The summed E-state index contributed by atoms with van der Waals surface area (Å²) in [4.78, 5) is 20.4. The van der Waals surface area contributed by atoms with Crippen molar-refractivity contribution in [3.05, 3.63) is 41.0 Å². The van der Waals surface area contributed by atoms with Crippen LogP contribution in [0.4, 0.5) is 22.2 Å². The van der Waals surface area contributed by atoms with Gasteiger partial charge in [-0.25, -0.2) is 9.78 Å². The second kappa shape index (κ2) is 8.93. The van der Waals surface area contributed by atoms with Gasteiger partial charge in [-0.3, -0.25) is 0 Å². The standard InChI is InChI=1S/C16H21ClN6O/c1-3-18-15-21-11(2)9-14(23-15)19-7-8-20-16(24)22-13-6-4-5-12(17)10-13/h4-6,9-10H,3,7-8H2,1-2H3,(H2,20,22,24)(H2,18,19,21,23). The monoisotopic (exact) mass is 348 g/mol. The molecule has 1 heterocycles. The second-order valence-electron chi connectivity index (χ2n) is 5.07. The number of hydrogen-bond acceptors (Lipinski definition) is 5. The number of rotatable bonds is 7. The maximum Gasteiger partial charge on any atom is 0.319 e. The number of urea groups is 1. The highest BCUT2D eigenvalue weighted by atomic mass is 35.5. The van der Waals surface area contributed by atoms with Gasteiger partial charge in [-0.15, -0.1) is 0 Å². The molecule has 0 spiro atoms. The summed E-state index contributed by atoms with van der Waals surface area (Å²) in [6, 6.07) is 8.55. The van der Waals surface area contributed by atoms with Crippen LogP contribution in [0.5, 0.6) is 0 Å². The van der Waals surface area contributed by atoms with E-state index in [0.29, 0.717) is 29.7 Å². The van der Waals surface area contributed by atoms with Crippen molar-refractivity contribution in [2.75, 3.05) is 35.6 Å².